The van der Waals surface area contributed by atoms with E-state index < -0.39 is 23.9 Å². The maximum absolute atomic E-state index is 11.9. The monoisotopic (exact) mass is 1640 g/mol. The first-order chi connectivity index (χ1) is 40.7. The molecule has 33 heteroatoms. The normalized spacial score (nSPS) is 9.08. The van der Waals surface area contributed by atoms with Gasteiger partial charge in [0.1, 0.15) is 33.2 Å². The third-order valence-corrected chi connectivity index (χ3v) is 9.62. The van der Waals surface area contributed by atoms with E-state index in [0.717, 1.165) is 0 Å². The first-order valence-electron chi connectivity index (χ1n) is 24.3. The van der Waals surface area contributed by atoms with Crippen LogP contribution in [0.3, 0.4) is 0 Å². The molecule has 6 amide bonds. The zero-order chi connectivity index (χ0) is 64.6. The summed E-state index contributed by atoms with van der Waals surface area (Å²) in [7, 11) is 6.75. The maximum Gasteiger partial charge on any atom is 1.00 e. The number of carbonyl (C=O) groups is 10. The number of halogens is 6. The number of ether oxygens (including phenoxy) is 7. The summed E-state index contributed by atoms with van der Waals surface area (Å²) >= 11 is 16.6. The van der Waals surface area contributed by atoms with E-state index in [-0.39, 0.29) is 148 Å². The summed E-state index contributed by atoms with van der Waals surface area (Å²) in [5.74, 6) is 0.353. The topological polar surface area (TPSA) is 327 Å². The summed E-state index contributed by atoms with van der Waals surface area (Å²) in [6.45, 7) is 5.56. The number of anilines is 4. The molecule has 0 atom stereocenters. The Morgan fingerprint density at radius 2 is 0.876 bits per heavy atom. The number of aromatic nitrogens is 2. The van der Waals surface area contributed by atoms with E-state index in [4.69, 9.17) is 47.3 Å². The number of aromatic hydroxyl groups is 1. The average molecular weight is 1650 g/mol. The van der Waals surface area contributed by atoms with E-state index in [2.05, 4.69) is 52.1 Å². The molecule has 0 spiro atoms. The molecule has 0 aliphatic heterocycles. The Balaban J connectivity index is -0.00000104. The summed E-state index contributed by atoms with van der Waals surface area (Å²) < 4.78 is 34.4. The molecule has 0 bridgehead atoms. The maximum atomic E-state index is 11.9. The first-order valence-corrected chi connectivity index (χ1v) is 27.3. The summed E-state index contributed by atoms with van der Waals surface area (Å²) in [4.78, 5) is 116. The van der Waals surface area contributed by atoms with Crippen molar-refractivity contribution in [1.29, 1.82) is 0 Å². The zero-order valence-corrected chi connectivity index (χ0v) is 60.1. The second-order valence-corrected chi connectivity index (χ2v) is 17.8. The Hall–Kier alpha value is -6.86. The molecule has 0 radical (unpaired) electrons. The largest absolute Gasteiger partial charge is 1.00 e. The van der Waals surface area contributed by atoms with Crippen LogP contribution in [0.2, 0.25) is 0 Å². The van der Waals surface area contributed by atoms with Crippen LogP contribution in [-0.4, -0.2) is 124 Å². The molecule has 2 heterocycles. The minimum atomic E-state index is -0.880. The summed E-state index contributed by atoms with van der Waals surface area (Å²) in [5, 5.41) is 19.2. The number of phenols is 1. The molecule has 5 N–H and O–H groups in total. The van der Waals surface area contributed by atoms with Gasteiger partial charge in [0.2, 0.25) is 23.6 Å². The molecule has 0 unspecified atom stereocenters. The van der Waals surface area contributed by atoms with E-state index in [1.54, 1.807) is 142 Å². The van der Waals surface area contributed by atoms with Gasteiger partial charge >= 0.3 is 53.5 Å². The van der Waals surface area contributed by atoms with E-state index in [9.17, 15) is 47.9 Å². The molecule has 26 nitrogen and oxygen atoms in total. The summed E-state index contributed by atoms with van der Waals surface area (Å²) in [6.07, 6.45) is 3.95. The number of amides is 6. The van der Waals surface area contributed by atoms with Crippen molar-refractivity contribution in [1.82, 2.24) is 14.8 Å². The Labute approximate surface area is 597 Å². The molecule has 89 heavy (non-hydrogen) atoms. The number of carbonyl (C=O) groups excluding carboxylic acids is 10. The van der Waals surface area contributed by atoms with Gasteiger partial charge in [0.05, 0.1) is 5.56 Å². The molecule has 476 valence electrons. The molecular weight excluding hydrogens is 1580 g/mol. The fourth-order valence-electron chi connectivity index (χ4n) is 5.55. The van der Waals surface area contributed by atoms with Crippen molar-refractivity contribution in [2.24, 2.45) is 0 Å². The molecule has 0 aliphatic rings. The van der Waals surface area contributed by atoms with E-state index >= 15 is 0 Å². The zero-order valence-electron chi connectivity index (χ0n) is 49.2. The van der Waals surface area contributed by atoms with E-state index in [1.807, 2.05) is 22.6 Å². The predicted molar refractivity (Wildman–Crippen MR) is 341 cm³/mol. The van der Waals surface area contributed by atoms with Crippen molar-refractivity contribution in [2.75, 3.05) is 66.2 Å². The number of benzene rings is 4. The van der Waals surface area contributed by atoms with E-state index in [0.29, 0.717) is 45.4 Å². The van der Waals surface area contributed by atoms with E-state index in [1.165, 1.54) is 73.9 Å². The number of rotatable bonds is 14. The van der Waals surface area contributed by atoms with Gasteiger partial charge in [-0.15, -0.1) is 24.0 Å². The average Bonchev–Trinajstić information content (AvgIpc) is 3.66. The van der Waals surface area contributed by atoms with Gasteiger partial charge < -0.3 is 93.3 Å². The molecule has 0 fully saturated rings. The van der Waals surface area contributed by atoms with Gasteiger partial charge in [-0.1, -0.05) is 23.2 Å². The quantitative estimate of drug-likeness (QED) is 0.0110. The van der Waals surface area contributed by atoms with Crippen LogP contribution in [0.25, 0.3) is 0 Å². The van der Waals surface area contributed by atoms with Crippen LogP contribution in [0.15, 0.2) is 146 Å². The number of nitrogens with zero attached hydrogens (tertiary/aromatic N) is 4. The second-order valence-electron chi connectivity index (χ2n) is 16.4. The molecule has 2 aromatic heterocycles. The van der Waals surface area contributed by atoms with Gasteiger partial charge in [0, 0.05) is 109 Å². The smallest absolute Gasteiger partial charge is 1.00 e. The van der Waals surface area contributed by atoms with Crippen molar-refractivity contribution in [2.45, 2.75) is 34.4 Å². The summed E-state index contributed by atoms with van der Waals surface area (Å²) in [6, 6.07) is 31.7. The molecular formula is C56H62Cl3I3N8NaO18+. The Morgan fingerprint density at radius 1 is 0.528 bits per heavy atom. The van der Waals surface area contributed by atoms with Crippen LogP contribution >= 0.6 is 81.4 Å². The SMILES string of the molecule is CC(=O)Nc1ccc(O)cc1.CC(=O)Nc1ccc(OC(=O)OCCl)cc1.CC(=O)Nc1ccc(OC(=O)OCI)cc1.CC(=O)Nc1ccc(OC(=O)OC[n+]2cccc(C(=O)N(C)C)c2)cc1.CN(C)C(=O)c1cccnc1.I.O=C(Cl)OCCl.[I-].[Na+]. The minimum Gasteiger partial charge on any atom is -1.00 e. The van der Waals surface area contributed by atoms with Crippen LogP contribution in [0.4, 0.5) is 41.9 Å². The standard InChI is InChI=1S/C18H19N3O5.C10H10ClNO4.C10H10INO4.C8H10N2O.C8H9NO2.C2H2Cl2O2.2HI.Na/c1-13(22)19-15-6-8-16(9-7-15)26-18(24)25-12-21-10-4-5-14(11-21)17(23)20(2)3;2*1-7(13)12-8-2-4-9(5-3-8)16-10(14)15-6-11;1-10(2)8(11)7-4-3-5-9-6-7;1-6(10)9-7-2-4-8(11)5-3-7;3-1-6-2(4)5;;;/h4-11H,12H2,1-3H3;2*2-5H,6H2,1H3,(H,12,13);3-6H,1-2H3;2-5,11H,1H3,(H,9,10);1H2;2*1H;/q;;;;;;;;+1. The molecule has 6 rings (SSSR count). The number of phenolic OH excluding ortho intramolecular Hbond substituents is 1. The molecule has 0 aliphatic carbocycles. The van der Waals surface area contributed by atoms with Crippen molar-refractivity contribution in [3.05, 3.63) is 157 Å². The number of nitrogens with one attached hydrogen (secondary N) is 4. The Morgan fingerprint density at radius 3 is 1.19 bits per heavy atom. The van der Waals surface area contributed by atoms with Gasteiger partial charge in [-0.2, -0.15) is 4.57 Å². The Kier molecular flexibility index (Phi) is 48.5. The van der Waals surface area contributed by atoms with Gasteiger partial charge in [-0.25, -0.2) is 19.2 Å². The molecule has 0 saturated carbocycles. The first kappa shape index (κ1) is 86.3. The van der Waals surface area contributed by atoms with Crippen LogP contribution in [0, 0.1) is 0 Å². The third-order valence-electron chi connectivity index (χ3n) is 8.99. The van der Waals surface area contributed by atoms with Gasteiger partial charge in [0.25, 0.3) is 18.5 Å². The molecule has 6 aromatic rings. The number of pyridine rings is 2. The van der Waals surface area contributed by atoms with Crippen LogP contribution in [-0.2, 0) is 44.9 Å². The van der Waals surface area contributed by atoms with Crippen LogP contribution in [0.1, 0.15) is 48.4 Å². The minimum absolute atomic E-state index is 0. The molecule has 4 aromatic carbocycles. The fraction of sp³-hybridized carbons (Fsp3) is 0.214. The summed E-state index contributed by atoms with van der Waals surface area (Å²) in [5.41, 5.74) is 2.77. The molecule has 0 saturated heterocycles. The van der Waals surface area contributed by atoms with Crippen molar-refractivity contribution < 1.29 is 144 Å². The second kappa shape index (κ2) is 50.0. The van der Waals surface area contributed by atoms with Gasteiger partial charge in [0.15, 0.2) is 24.5 Å². The number of alkyl halides is 3. The van der Waals surface area contributed by atoms with Crippen molar-refractivity contribution >= 4 is 163 Å². The van der Waals surface area contributed by atoms with Gasteiger partial charge in [-0.3, -0.25) is 33.8 Å². The Bertz CT molecular complexity index is 3060. The van der Waals surface area contributed by atoms with Crippen molar-refractivity contribution in [3.63, 3.8) is 0 Å². The number of hydrogen-bond donors (Lipinski definition) is 5. The number of hydrogen-bond acceptors (Lipinski definition) is 19. The van der Waals surface area contributed by atoms with Crippen molar-refractivity contribution in [3.8, 4) is 23.0 Å². The van der Waals surface area contributed by atoms with Gasteiger partial charge in [-0.05, 0) is 138 Å². The third kappa shape index (κ3) is 42.7. The predicted octanol–water partition coefficient (Wildman–Crippen LogP) is 5.04. The fourth-order valence-corrected chi connectivity index (χ4v) is 6.10. The van der Waals surface area contributed by atoms with Crippen LogP contribution in [0.5, 0.6) is 23.0 Å². The van der Waals surface area contributed by atoms with Crippen LogP contribution < -0.4 is 93.6 Å².